The minimum atomic E-state index is 0.673. The molecule has 0 aliphatic heterocycles. The van der Waals surface area contributed by atoms with Crippen LogP contribution in [0.15, 0.2) is 6.07 Å². The van der Waals surface area contributed by atoms with E-state index >= 15 is 0 Å². The van der Waals surface area contributed by atoms with Crippen LogP contribution in [0.4, 0.5) is 11.6 Å². The molecule has 1 aliphatic rings. The van der Waals surface area contributed by atoms with Crippen molar-refractivity contribution in [2.45, 2.75) is 51.9 Å². The van der Waals surface area contributed by atoms with Crippen molar-refractivity contribution in [3.8, 4) is 0 Å². The highest BCUT2D eigenvalue weighted by Crippen LogP contribution is 2.26. The predicted molar refractivity (Wildman–Crippen MR) is 78.9 cm³/mol. The molecule has 1 aliphatic carbocycles. The number of aromatic nitrogens is 2. The molecule has 19 heavy (non-hydrogen) atoms. The number of hydrazine groups is 1. The Labute approximate surface area is 115 Å². The molecule has 0 spiro atoms. The molecule has 0 bridgehead atoms. The van der Waals surface area contributed by atoms with Crippen LogP contribution in [-0.2, 0) is 6.42 Å². The van der Waals surface area contributed by atoms with Crippen molar-refractivity contribution < 1.29 is 0 Å². The molecule has 1 heterocycles. The summed E-state index contributed by atoms with van der Waals surface area (Å²) < 4.78 is 0. The standard InChI is InChI=1S/C14H25N5/c1-2-12-17-13(10-14(18-12)19-15)16-9-8-11-6-4-3-5-7-11/h10-11H,2-9,15H2,1H3,(H2,16,17,18,19). The lowest BCUT2D eigenvalue weighted by Gasteiger charge is -2.21. The summed E-state index contributed by atoms with van der Waals surface area (Å²) in [7, 11) is 0. The normalized spacial score (nSPS) is 16.3. The molecule has 4 N–H and O–H groups in total. The number of nitrogens with one attached hydrogen (secondary N) is 2. The molecule has 1 fully saturated rings. The maximum absolute atomic E-state index is 5.42. The van der Waals surface area contributed by atoms with Crippen LogP contribution in [0.25, 0.3) is 0 Å². The fraction of sp³-hybridized carbons (Fsp3) is 0.714. The Balaban J connectivity index is 1.84. The van der Waals surface area contributed by atoms with Gasteiger partial charge in [0, 0.05) is 19.0 Å². The van der Waals surface area contributed by atoms with Crippen LogP contribution in [0, 0.1) is 5.92 Å². The lowest BCUT2D eigenvalue weighted by molar-refractivity contribution is 0.345. The van der Waals surface area contributed by atoms with E-state index in [0.29, 0.717) is 5.82 Å². The summed E-state index contributed by atoms with van der Waals surface area (Å²) in [4.78, 5) is 8.75. The van der Waals surface area contributed by atoms with Gasteiger partial charge < -0.3 is 10.7 Å². The number of nitrogen functional groups attached to an aromatic ring is 1. The summed E-state index contributed by atoms with van der Waals surface area (Å²) in [6, 6.07) is 1.86. The summed E-state index contributed by atoms with van der Waals surface area (Å²) in [6.07, 6.45) is 9.05. The Morgan fingerprint density at radius 3 is 2.63 bits per heavy atom. The zero-order valence-corrected chi connectivity index (χ0v) is 11.8. The van der Waals surface area contributed by atoms with Crippen molar-refractivity contribution in [3.05, 3.63) is 11.9 Å². The number of aryl methyl sites for hydroxylation is 1. The average molecular weight is 263 g/mol. The summed E-state index contributed by atoms with van der Waals surface area (Å²) >= 11 is 0. The Kier molecular flexibility index (Phi) is 5.39. The highest BCUT2D eigenvalue weighted by Gasteiger charge is 2.12. The van der Waals surface area contributed by atoms with E-state index in [4.69, 9.17) is 5.84 Å². The van der Waals surface area contributed by atoms with E-state index in [-0.39, 0.29) is 0 Å². The van der Waals surface area contributed by atoms with Gasteiger partial charge in [0.05, 0.1) is 0 Å². The van der Waals surface area contributed by atoms with Crippen LogP contribution < -0.4 is 16.6 Å². The Bertz CT molecular complexity index is 365. The first-order valence-electron chi connectivity index (χ1n) is 7.40. The second kappa shape index (κ2) is 7.28. The number of nitrogens with two attached hydrogens (primary N) is 1. The summed E-state index contributed by atoms with van der Waals surface area (Å²) in [5.74, 6) is 8.67. The fourth-order valence-corrected chi connectivity index (χ4v) is 2.70. The Morgan fingerprint density at radius 1 is 1.21 bits per heavy atom. The maximum atomic E-state index is 5.42. The van der Waals surface area contributed by atoms with E-state index in [1.807, 2.05) is 13.0 Å². The third-order valence-electron chi connectivity index (χ3n) is 3.82. The topological polar surface area (TPSA) is 75.9 Å². The van der Waals surface area contributed by atoms with Gasteiger partial charge in [0.15, 0.2) is 0 Å². The minimum absolute atomic E-state index is 0.673. The van der Waals surface area contributed by atoms with Crippen LogP contribution in [0.5, 0.6) is 0 Å². The van der Waals surface area contributed by atoms with Gasteiger partial charge in [0.1, 0.15) is 17.5 Å². The van der Waals surface area contributed by atoms with Crippen molar-refractivity contribution in [2.75, 3.05) is 17.3 Å². The maximum Gasteiger partial charge on any atom is 0.145 e. The largest absolute Gasteiger partial charge is 0.370 e. The lowest BCUT2D eigenvalue weighted by Crippen LogP contribution is -2.15. The van der Waals surface area contributed by atoms with Gasteiger partial charge in [0.2, 0.25) is 0 Å². The molecule has 1 aromatic rings. The quantitative estimate of drug-likeness (QED) is 0.543. The molecule has 0 amide bonds. The number of hydrogen-bond acceptors (Lipinski definition) is 5. The van der Waals surface area contributed by atoms with E-state index in [1.165, 1.54) is 38.5 Å². The van der Waals surface area contributed by atoms with Crippen molar-refractivity contribution in [1.82, 2.24) is 9.97 Å². The Hall–Kier alpha value is -1.36. The molecule has 0 aromatic carbocycles. The molecule has 0 radical (unpaired) electrons. The molecule has 0 saturated heterocycles. The molecular weight excluding hydrogens is 238 g/mol. The smallest absolute Gasteiger partial charge is 0.145 e. The van der Waals surface area contributed by atoms with Crippen LogP contribution >= 0.6 is 0 Å². The predicted octanol–water partition coefficient (Wildman–Crippen LogP) is 2.71. The zero-order chi connectivity index (χ0) is 13.5. The van der Waals surface area contributed by atoms with Crippen molar-refractivity contribution in [1.29, 1.82) is 0 Å². The van der Waals surface area contributed by atoms with Crippen LogP contribution in [-0.4, -0.2) is 16.5 Å². The van der Waals surface area contributed by atoms with Gasteiger partial charge in [-0.1, -0.05) is 39.0 Å². The zero-order valence-electron chi connectivity index (χ0n) is 11.8. The number of rotatable bonds is 6. The Morgan fingerprint density at radius 2 is 1.95 bits per heavy atom. The van der Waals surface area contributed by atoms with E-state index in [1.54, 1.807) is 0 Å². The first kappa shape index (κ1) is 14.1. The molecule has 2 rings (SSSR count). The average Bonchev–Trinajstić information content (AvgIpc) is 2.48. The fourth-order valence-electron chi connectivity index (χ4n) is 2.70. The first-order valence-corrected chi connectivity index (χ1v) is 7.40. The molecule has 106 valence electrons. The van der Waals surface area contributed by atoms with Gasteiger partial charge >= 0.3 is 0 Å². The minimum Gasteiger partial charge on any atom is -0.370 e. The SMILES string of the molecule is CCc1nc(NN)cc(NCCC2CCCCC2)n1. The van der Waals surface area contributed by atoms with Gasteiger partial charge in [-0.05, 0) is 12.3 Å². The second-order valence-corrected chi connectivity index (χ2v) is 5.27. The molecule has 5 heteroatoms. The van der Waals surface area contributed by atoms with Gasteiger partial charge in [0.25, 0.3) is 0 Å². The highest BCUT2D eigenvalue weighted by atomic mass is 15.3. The van der Waals surface area contributed by atoms with E-state index < -0.39 is 0 Å². The number of anilines is 2. The van der Waals surface area contributed by atoms with Crippen molar-refractivity contribution in [2.24, 2.45) is 11.8 Å². The van der Waals surface area contributed by atoms with Crippen molar-refractivity contribution in [3.63, 3.8) is 0 Å². The molecule has 1 aromatic heterocycles. The second-order valence-electron chi connectivity index (χ2n) is 5.27. The molecule has 5 nitrogen and oxygen atoms in total. The lowest BCUT2D eigenvalue weighted by atomic mass is 9.87. The summed E-state index contributed by atoms with van der Waals surface area (Å²) in [5.41, 5.74) is 2.59. The molecule has 0 unspecified atom stereocenters. The summed E-state index contributed by atoms with van der Waals surface area (Å²) in [6.45, 7) is 3.02. The monoisotopic (exact) mass is 263 g/mol. The summed E-state index contributed by atoms with van der Waals surface area (Å²) in [5, 5.41) is 3.39. The van der Waals surface area contributed by atoms with Crippen LogP contribution in [0.3, 0.4) is 0 Å². The third-order valence-corrected chi connectivity index (χ3v) is 3.82. The van der Waals surface area contributed by atoms with E-state index in [9.17, 15) is 0 Å². The third kappa shape index (κ3) is 4.35. The van der Waals surface area contributed by atoms with Crippen LogP contribution in [0.2, 0.25) is 0 Å². The van der Waals surface area contributed by atoms with Gasteiger partial charge in [-0.3, -0.25) is 0 Å². The highest BCUT2D eigenvalue weighted by molar-refractivity contribution is 5.46. The van der Waals surface area contributed by atoms with Crippen LogP contribution in [0.1, 0.15) is 51.3 Å². The van der Waals surface area contributed by atoms with Gasteiger partial charge in [-0.25, -0.2) is 15.8 Å². The van der Waals surface area contributed by atoms with Crippen molar-refractivity contribution >= 4 is 11.6 Å². The number of hydrogen-bond donors (Lipinski definition) is 3. The molecule has 0 atom stereocenters. The van der Waals surface area contributed by atoms with E-state index in [2.05, 4.69) is 20.7 Å². The molecule has 1 saturated carbocycles. The van der Waals surface area contributed by atoms with Gasteiger partial charge in [-0.2, -0.15) is 0 Å². The number of nitrogens with zero attached hydrogens (tertiary/aromatic N) is 2. The molecular formula is C14H25N5. The van der Waals surface area contributed by atoms with Gasteiger partial charge in [-0.15, -0.1) is 0 Å². The first-order chi connectivity index (χ1) is 9.31. The van der Waals surface area contributed by atoms with E-state index in [0.717, 1.165) is 30.5 Å².